The van der Waals surface area contributed by atoms with Gasteiger partial charge in [-0.1, -0.05) is 0 Å². The van der Waals surface area contributed by atoms with Crippen LogP contribution in [-0.4, -0.2) is 18.0 Å². The van der Waals surface area contributed by atoms with Crippen LogP contribution in [-0.2, 0) is 0 Å². The number of methoxy groups -OCH3 is 1. The molecule has 6 heteroatoms. The van der Waals surface area contributed by atoms with E-state index in [0.717, 1.165) is 10.0 Å². The average molecular weight is 336 g/mol. The third-order valence-corrected chi connectivity index (χ3v) is 3.62. The molecule has 0 unspecified atom stereocenters. The molecular formula is C14H14BrN3O2. The second-order valence-corrected chi connectivity index (χ2v) is 5.08. The van der Waals surface area contributed by atoms with Gasteiger partial charge in [0.1, 0.15) is 11.6 Å². The fraction of sp³-hybridized carbons (Fsp3) is 0.143. The number of nitrogen functional groups attached to an aromatic ring is 1. The smallest absolute Gasteiger partial charge is 0.259 e. The van der Waals surface area contributed by atoms with Crippen LogP contribution in [0.4, 0.5) is 11.5 Å². The van der Waals surface area contributed by atoms with Crippen molar-refractivity contribution in [3.05, 3.63) is 46.1 Å². The number of anilines is 2. The number of nitrogens with two attached hydrogens (primary N) is 1. The number of hydrogen-bond donors (Lipinski definition) is 2. The number of amides is 1. The predicted molar refractivity (Wildman–Crippen MR) is 82.0 cm³/mol. The molecule has 0 aliphatic heterocycles. The number of pyridine rings is 1. The van der Waals surface area contributed by atoms with Crippen molar-refractivity contribution in [2.24, 2.45) is 0 Å². The fourth-order valence-corrected chi connectivity index (χ4v) is 1.87. The molecular weight excluding hydrogens is 322 g/mol. The minimum atomic E-state index is -0.323. The van der Waals surface area contributed by atoms with Crippen LogP contribution in [0.3, 0.4) is 0 Å². The van der Waals surface area contributed by atoms with E-state index >= 15 is 0 Å². The topological polar surface area (TPSA) is 77.2 Å². The number of ether oxygens (including phenoxy) is 1. The van der Waals surface area contributed by atoms with Crippen molar-refractivity contribution in [2.75, 3.05) is 18.2 Å². The molecule has 20 heavy (non-hydrogen) atoms. The largest absolute Gasteiger partial charge is 0.497 e. The third kappa shape index (κ3) is 3.08. The first-order chi connectivity index (χ1) is 9.51. The zero-order valence-corrected chi connectivity index (χ0v) is 12.7. The lowest BCUT2D eigenvalue weighted by Crippen LogP contribution is -2.15. The molecule has 0 saturated heterocycles. The van der Waals surface area contributed by atoms with Crippen LogP contribution in [0.2, 0.25) is 0 Å². The van der Waals surface area contributed by atoms with Gasteiger partial charge in [0, 0.05) is 16.4 Å². The van der Waals surface area contributed by atoms with Gasteiger partial charge in [0.05, 0.1) is 12.7 Å². The molecule has 0 saturated carbocycles. The molecule has 1 heterocycles. The Labute approximate surface area is 125 Å². The number of nitrogens with zero attached hydrogens (tertiary/aromatic N) is 1. The summed E-state index contributed by atoms with van der Waals surface area (Å²) in [7, 11) is 1.53. The maximum atomic E-state index is 12.2. The zero-order chi connectivity index (χ0) is 14.7. The van der Waals surface area contributed by atoms with E-state index in [2.05, 4.69) is 26.2 Å². The van der Waals surface area contributed by atoms with Gasteiger partial charge in [-0.2, -0.15) is 0 Å². The molecule has 0 spiro atoms. The first kappa shape index (κ1) is 14.3. The van der Waals surface area contributed by atoms with Gasteiger partial charge in [-0.3, -0.25) is 4.79 Å². The Bertz CT molecular complexity index is 659. The lowest BCUT2D eigenvalue weighted by molar-refractivity contribution is 0.102. The van der Waals surface area contributed by atoms with Crippen molar-refractivity contribution >= 4 is 33.3 Å². The van der Waals surface area contributed by atoms with Crippen LogP contribution >= 0.6 is 15.9 Å². The first-order valence-corrected chi connectivity index (χ1v) is 6.67. The summed E-state index contributed by atoms with van der Waals surface area (Å²) in [5.74, 6) is 0.720. The SMILES string of the molecule is COc1ccc(N)c(C(=O)Nc2cc(C)c(Br)cn2)c1. The summed E-state index contributed by atoms with van der Waals surface area (Å²) < 4.78 is 5.97. The summed E-state index contributed by atoms with van der Waals surface area (Å²) in [6.45, 7) is 1.92. The highest BCUT2D eigenvalue weighted by Crippen LogP contribution is 2.22. The molecule has 0 radical (unpaired) electrons. The molecule has 1 amide bonds. The number of carbonyl (C=O) groups is 1. The van der Waals surface area contributed by atoms with E-state index in [0.29, 0.717) is 22.8 Å². The molecule has 0 atom stereocenters. The minimum Gasteiger partial charge on any atom is -0.497 e. The Balaban J connectivity index is 2.25. The van der Waals surface area contributed by atoms with E-state index in [9.17, 15) is 4.79 Å². The van der Waals surface area contributed by atoms with Crippen molar-refractivity contribution < 1.29 is 9.53 Å². The van der Waals surface area contributed by atoms with Crippen LogP contribution in [0.5, 0.6) is 5.75 Å². The number of nitrogens with one attached hydrogen (secondary N) is 1. The Morgan fingerprint density at radius 2 is 2.15 bits per heavy atom. The second kappa shape index (κ2) is 5.92. The van der Waals surface area contributed by atoms with Crippen molar-refractivity contribution in [1.29, 1.82) is 0 Å². The molecule has 2 aromatic rings. The lowest BCUT2D eigenvalue weighted by atomic mass is 10.1. The van der Waals surface area contributed by atoms with E-state index in [-0.39, 0.29) is 5.91 Å². The van der Waals surface area contributed by atoms with E-state index in [1.54, 1.807) is 30.5 Å². The highest BCUT2D eigenvalue weighted by atomic mass is 79.9. The van der Waals surface area contributed by atoms with Crippen LogP contribution in [0, 0.1) is 6.92 Å². The minimum absolute atomic E-state index is 0.323. The number of aryl methyl sites for hydroxylation is 1. The number of benzene rings is 1. The van der Waals surface area contributed by atoms with Gasteiger partial charge in [0.2, 0.25) is 0 Å². The number of halogens is 1. The van der Waals surface area contributed by atoms with Crippen LogP contribution in [0.15, 0.2) is 34.9 Å². The van der Waals surface area contributed by atoms with Crippen molar-refractivity contribution in [3.8, 4) is 5.75 Å². The maximum Gasteiger partial charge on any atom is 0.259 e. The molecule has 104 valence electrons. The van der Waals surface area contributed by atoms with Gasteiger partial charge < -0.3 is 15.8 Å². The average Bonchev–Trinajstić information content (AvgIpc) is 2.43. The molecule has 1 aromatic carbocycles. The molecule has 3 N–H and O–H groups in total. The van der Waals surface area contributed by atoms with Gasteiger partial charge in [0.25, 0.3) is 5.91 Å². The molecule has 0 bridgehead atoms. The highest BCUT2D eigenvalue weighted by Gasteiger charge is 2.12. The summed E-state index contributed by atoms with van der Waals surface area (Å²) >= 11 is 3.36. The normalized spacial score (nSPS) is 10.2. The fourth-order valence-electron chi connectivity index (χ4n) is 1.65. The summed E-state index contributed by atoms with van der Waals surface area (Å²) in [4.78, 5) is 16.3. The van der Waals surface area contributed by atoms with Crippen LogP contribution < -0.4 is 15.8 Å². The molecule has 0 aliphatic rings. The summed E-state index contributed by atoms with van der Waals surface area (Å²) in [6.07, 6.45) is 1.64. The quantitative estimate of drug-likeness (QED) is 0.845. The summed E-state index contributed by atoms with van der Waals surface area (Å²) in [5, 5.41) is 2.71. The first-order valence-electron chi connectivity index (χ1n) is 5.88. The number of hydrogen-bond acceptors (Lipinski definition) is 4. The number of rotatable bonds is 3. The molecule has 0 aliphatic carbocycles. The monoisotopic (exact) mass is 335 g/mol. The van der Waals surface area contributed by atoms with Gasteiger partial charge in [-0.15, -0.1) is 0 Å². The third-order valence-electron chi connectivity index (χ3n) is 2.79. The van der Waals surface area contributed by atoms with Crippen molar-refractivity contribution in [1.82, 2.24) is 4.98 Å². The standard InChI is InChI=1S/C14H14BrN3O2/c1-8-5-13(17-7-11(8)15)18-14(19)10-6-9(20-2)3-4-12(10)16/h3-7H,16H2,1-2H3,(H,17,18,19). The van der Waals surface area contributed by atoms with E-state index in [1.807, 2.05) is 6.92 Å². The number of aromatic nitrogens is 1. The van der Waals surface area contributed by atoms with Gasteiger partial charge in [-0.25, -0.2) is 4.98 Å². The van der Waals surface area contributed by atoms with Gasteiger partial charge in [0.15, 0.2) is 0 Å². The lowest BCUT2D eigenvalue weighted by Gasteiger charge is -2.09. The maximum absolute atomic E-state index is 12.2. The predicted octanol–water partition coefficient (Wildman–Crippen LogP) is 3.00. The Morgan fingerprint density at radius 3 is 2.80 bits per heavy atom. The van der Waals surface area contributed by atoms with Crippen molar-refractivity contribution in [2.45, 2.75) is 6.92 Å². The second-order valence-electron chi connectivity index (χ2n) is 4.23. The number of carbonyl (C=O) groups excluding carboxylic acids is 1. The Morgan fingerprint density at radius 1 is 1.40 bits per heavy atom. The van der Waals surface area contributed by atoms with E-state index < -0.39 is 0 Å². The molecule has 0 fully saturated rings. The van der Waals surface area contributed by atoms with Gasteiger partial charge >= 0.3 is 0 Å². The Hall–Kier alpha value is -2.08. The zero-order valence-electron chi connectivity index (χ0n) is 11.1. The molecule has 2 rings (SSSR count). The summed E-state index contributed by atoms with van der Waals surface area (Å²) in [6, 6.07) is 6.71. The van der Waals surface area contributed by atoms with Gasteiger partial charge in [-0.05, 0) is 52.7 Å². The van der Waals surface area contributed by atoms with Crippen LogP contribution in [0.25, 0.3) is 0 Å². The summed E-state index contributed by atoms with van der Waals surface area (Å²) in [5.41, 5.74) is 7.53. The van der Waals surface area contributed by atoms with Crippen LogP contribution in [0.1, 0.15) is 15.9 Å². The molecule has 5 nitrogen and oxygen atoms in total. The van der Waals surface area contributed by atoms with E-state index in [1.165, 1.54) is 7.11 Å². The Kier molecular flexibility index (Phi) is 4.24. The molecule has 1 aromatic heterocycles. The van der Waals surface area contributed by atoms with Crippen molar-refractivity contribution in [3.63, 3.8) is 0 Å². The highest BCUT2D eigenvalue weighted by molar-refractivity contribution is 9.10. The van der Waals surface area contributed by atoms with E-state index in [4.69, 9.17) is 10.5 Å².